The van der Waals surface area contributed by atoms with Crippen molar-refractivity contribution in [2.45, 2.75) is 44.0 Å². The molecule has 2 saturated heterocycles. The number of furan rings is 1. The molecule has 0 amide bonds. The van der Waals surface area contributed by atoms with Gasteiger partial charge in [-0.05, 0) is 18.2 Å². The van der Waals surface area contributed by atoms with Gasteiger partial charge in [0.15, 0.2) is 27.1 Å². The van der Waals surface area contributed by atoms with Gasteiger partial charge in [0, 0.05) is 35.9 Å². The Kier molecular flexibility index (Phi) is 6.95. The molecule has 6 rings (SSSR count). The number of ether oxygens (including phenoxy) is 1. The maximum Gasteiger partial charge on any atom is 0.326 e. The van der Waals surface area contributed by atoms with Crippen LogP contribution in [0.2, 0.25) is 0 Å². The van der Waals surface area contributed by atoms with Gasteiger partial charge in [-0.25, -0.2) is 41.3 Å². The lowest BCUT2D eigenvalue weighted by Crippen LogP contribution is -2.41. The highest BCUT2D eigenvalue weighted by atomic mass is 32.2. The van der Waals surface area contributed by atoms with E-state index in [9.17, 15) is 27.1 Å². The molecular formula is C29H25F3N4O6S. The number of hydrogen-bond donors (Lipinski definition) is 1. The van der Waals surface area contributed by atoms with Crippen molar-refractivity contribution in [2.75, 3.05) is 23.0 Å². The number of carboxylic acid groups (broad SMARTS) is 1. The first-order chi connectivity index (χ1) is 20.4. The van der Waals surface area contributed by atoms with Gasteiger partial charge in [0.05, 0.1) is 23.6 Å². The first-order valence-electron chi connectivity index (χ1n) is 13.4. The van der Waals surface area contributed by atoms with Crippen molar-refractivity contribution in [1.82, 2.24) is 15.0 Å². The van der Waals surface area contributed by atoms with Gasteiger partial charge in [-0.15, -0.1) is 6.42 Å². The van der Waals surface area contributed by atoms with Crippen molar-refractivity contribution in [3.8, 4) is 18.2 Å². The molecule has 2 aliphatic rings. The highest BCUT2D eigenvalue weighted by molar-refractivity contribution is 7.91. The van der Waals surface area contributed by atoms with Gasteiger partial charge in [-0.3, -0.25) is 0 Å². The normalized spacial score (nSPS) is 25.3. The lowest BCUT2D eigenvalue weighted by Gasteiger charge is -2.36. The summed E-state index contributed by atoms with van der Waals surface area (Å²) in [6.07, 6.45) is 2.41. The summed E-state index contributed by atoms with van der Waals surface area (Å²) in [5.41, 5.74) is -1.41. The Morgan fingerprint density at radius 3 is 2.77 bits per heavy atom. The van der Waals surface area contributed by atoms with Crippen LogP contribution in [0.5, 0.6) is 5.88 Å². The van der Waals surface area contributed by atoms with Crippen molar-refractivity contribution in [1.29, 1.82) is 0 Å². The molecule has 0 unspecified atom stereocenters. The molecule has 5 heterocycles. The molecule has 1 N–H and O–H groups in total. The topological polar surface area (TPSA) is 136 Å². The fourth-order valence-electron chi connectivity index (χ4n) is 5.86. The van der Waals surface area contributed by atoms with Gasteiger partial charge in [-0.2, -0.15) is 0 Å². The van der Waals surface area contributed by atoms with Crippen LogP contribution in [0, 0.1) is 18.3 Å². The van der Waals surface area contributed by atoms with Gasteiger partial charge in [-0.1, -0.05) is 25.0 Å². The van der Waals surface area contributed by atoms with Crippen LogP contribution in [0.3, 0.4) is 0 Å². The van der Waals surface area contributed by atoms with Crippen molar-refractivity contribution in [3.05, 3.63) is 53.5 Å². The zero-order valence-electron chi connectivity index (χ0n) is 22.7. The van der Waals surface area contributed by atoms with E-state index >= 15 is 4.39 Å². The van der Waals surface area contributed by atoms with Crippen molar-refractivity contribution in [3.63, 3.8) is 0 Å². The number of carbonyl (C=O) groups is 1. The monoisotopic (exact) mass is 614 g/mol. The minimum Gasteiger partial charge on any atom is -0.480 e. The summed E-state index contributed by atoms with van der Waals surface area (Å²) < 4.78 is 80.7. The van der Waals surface area contributed by atoms with Crippen LogP contribution in [0.1, 0.15) is 43.1 Å². The number of halogens is 3. The zero-order valence-corrected chi connectivity index (χ0v) is 23.5. The van der Waals surface area contributed by atoms with E-state index in [4.69, 9.17) is 15.6 Å². The third-order valence-electron chi connectivity index (χ3n) is 8.04. The SMILES string of the molecule is C#Cc1cnc(O[C@H]2C[C@@H](C(=O)O)N(c3nc(C(F)F)nc4c3oc3ccccc34)C2)c([C@]2(F)CCS(=O)(=O)C[C@H]2C)c1. The Hall–Kier alpha value is -4.38. The quantitative estimate of drug-likeness (QED) is 0.311. The van der Waals surface area contributed by atoms with Crippen LogP contribution in [-0.2, 0) is 20.3 Å². The average Bonchev–Trinajstić information content (AvgIpc) is 3.56. The number of carboxylic acids is 1. The van der Waals surface area contributed by atoms with Crippen molar-refractivity contribution < 1.29 is 40.6 Å². The fourth-order valence-corrected chi connectivity index (χ4v) is 7.66. The molecule has 43 heavy (non-hydrogen) atoms. The minimum absolute atomic E-state index is 0.0302. The summed E-state index contributed by atoms with van der Waals surface area (Å²) in [5.74, 6) is -1.66. The van der Waals surface area contributed by atoms with E-state index < -0.39 is 51.8 Å². The second kappa shape index (κ2) is 10.4. The molecule has 4 atom stereocenters. The summed E-state index contributed by atoms with van der Waals surface area (Å²) >= 11 is 0. The molecule has 0 aliphatic carbocycles. The number of rotatable bonds is 6. The Morgan fingerprint density at radius 1 is 1.30 bits per heavy atom. The van der Waals surface area contributed by atoms with Crippen molar-refractivity contribution >= 4 is 43.7 Å². The minimum atomic E-state index is -3.44. The number of alkyl halides is 3. The average molecular weight is 615 g/mol. The molecule has 0 saturated carbocycles. The maximum absolute atomic E-state index is 16.6. The molecular weight excluding hydrogens is 589 g/mol. The molecule has 10 nitrogen and oxygen atoms in total. The molecule has 0 bridgehead atoms. The largest absolute Gasteiger partial charge is 0.480 e. The maximum atomic E-state index is 16.6. The van der Waals surface area contributed by atoms with E-state index in [1.807, 2.05) is 0 Å². The molecule has 0 spiro atoms. The van der Waals surface area contributed by atoms with Crippen LogP contribution in [0.15, 0.2) is 40.9 Å². The summed E-state index contributed by atoms with van der Waals surface area (Å²) in [6.45, 7) is 1.33. The van der Waals surface area contributed by atoms with Gasteiger partial charge < -0.3 is 19.2 Å². The number of aliphatic carboxylic acids is 1. The number of hydrogen-bond acceptors (Lipinski definition) is 9. The van der Waals surface area contributed by atoms with E-state index in [1.54, 1.807) is 24.3 Å². The summed E-state index contributed by atoms with van der Waals surface area (Å²) in [4.78, 5) is 25.9. The van der Waals surface area contributed by atoms with Crippen LogP contribution in [0.4, 0.5) is 19.0 Å². The number of para-hydroxylation sites is 1. The van der Waals surface area contributed by atoms with Crippen LogP contribution < -0.4 is 9.64 Å². The van der Waals surface area contributed by atoms with E-state index in [2.05, 4.69) is 20.9 Å². The predicted molar refractivity (Wildman–Crippen MR) is 149 cm³/mol. The van der Waals surface area contributed by atoms with E-state index in [-0.39, 0.29) is 64.8 Å². The number of anilines is 1. The molecule has 1 aromatic carbocycles. The number of fused-ring (bicyclic) bond motifs is 3. The van der Waals surface area contributed by atoms with Crippen molar-refractivity contribution in [2.24, 2.45) is 5.92 Å². The Balaban J connectivity index is 1.40. The van der Waals surface area contributed by atoms with E-state index in [0.717, 1.165) is 0 Å². The summed E-state index contributed by atoms with van der Waals surface area (Å²) in [7, 11) is -3.44. The standard InChI is InChI=1S/C29H25F3N4O6S/c1-3-16-10-19(29(32)8-9-43(39,40)14-15(29)2)27(33-12-16)41-17-11-20(28(37)38)36(13-17)26-23-22(34-25(35-26)24(30)31)18-6-4-5-7-21(18)42-23/h1,4-7,10,12,15,17,20,24H,8-9,11,13-14H2,2H3,(H,37,38)/t15-,17+,20+,29+/m1/s1. The summed E-state index contributed by atoms with van der Waals surface area (Å²) in [5, 5.41) is 10.6. The molecule has 4 aromatic rings. The fraction of sp³-hybridized carbons (Fsp3) is 0.379. The molecule has 0 radical (unpaired) electrons. The van der Waals surface area contributed by atoms with Gasteiger partial charge in [0.25, 0.3) is 6.43 Å². The second-order valence-electron chi connectivity index (χ2n) is 10.8. The van der Waals surface area contributed by atoms with Crippen LogP contribution >= 0.6 is 0 Å². The van der Waals surface area contributed by atoms with Gasteiger partial charge in [0.2, 0.25) is 5.88 Å². The highest BCUT2D eigenvalue weighted by Crippen LogP contribution is 2.46. The van der Waals surface area contributed by atoms with Crippen LogP contribution in [0.25, 0.3) is 22.1 Å². The number of terminal acetylenes is 1. The predicted octanol–water partition coefficient (Wildman–Crippen LogP) is 4.42. The highest BCUT2D eigenvalue weighted by Gasteiger charge is 2.48. The summed E-state index contributed by atoms with van der Waals surface area (Å²) in [6, 6.07) is 6.78. The van der Waals surface area contributed by atoms with Gasteiger partial charge in [0.1, 0.15) is 28.9 Å². The Morgan fingerprint density at radius 2 is 2.07 bits per heavy atom. The molecule has 2 aliphatic heterocycles. The number of nitrogens with zero attached hydrogens (tertiary/aromatic N) is 4. The third-order valence-corrected chi connectivity index (χ3v) is 9.87. The van der Waals surface area contributed by atoms with Crippen LogP contribution in [-0.4, -0.2) is 64.6 Å². The number of sulfone groups is 1. The van der Waals surface area contributed by atoms with E-state index in [1.165, 1.54) is 24.1 Å². The molecule has 3 aromatic heterocycles. The zero-order chi connectivity index (χ0) is 30.7. The number of aromatic nitrogens is 3. The lowest BCUT2D eigenvalue weighted by molar-refractivity contribution is -0.138. The third kappa shape index (κ3) is 5.01. The smallest absolute Gasteiger partial charge is 0.326 e. The Labute approximate surface area is 243 Å². The molecule has 14 heteroatoms. The Bertz CT molecular complexity index is 1910. The number of pyridine rings is 1. The number of benzene rings is 1. The van der Waals surface area contributed by atoms with E-state index in [0.29, 0.717) is 11.0 Å². The first kappa shape index (κ1) is 28.7. The van der Waals surface area contributed by atoms with Gasteiger partial charge >= 0.3 is 5.97 Å². The molecule has 2 fully saturated rings. The lowest BCUT2D eigenvalue weighted by atomic mass is 9.82. The molecule has 224 valence electrons. The first-order valence-corrected chi connectivity index (χ1v) is 15.2. The second-order valence-corrected chi connectivity index (χ2v) is 13.0.